The Morgan fingerprint density at radius 2 is 0.833 bits per heavy atom. The SMILES string of the molecule is Cc1cccc(-n2c(=O)c3cc4c(=O)n(-c5cccc(C)c5)c(=O)c4cc3c2=O)c1. The predicted molar refractivity (Wildman–Crippen MR) is 117 cm³/mol. The van der Waals surface area contributed by atoms with Gasteiger partial charge < -0.3 is 0 Å². The fourth-order valence-corrected chi connectivity index (χ4v) is 3.98. The van der Waals surface area contributed by atoms with Crippen molar-refractivity contribution in [3.63, 3.8) is 0 Å². The molecular formula is C24H16N2O4. The Morgan fingerprint density at radius 3 is 1.13 bits per heavy atom. The van der Waals surface area contributed by atoms with Crippen LogP contribution in [0.5, 0.6) is 0 Å². The molecule has 5 aromatic rings. The lowest BCUT2D eigenvalue weighted by atomic mass is 10.1. The highest BCUT2D eigenvalue weighted by Gasteiger charge is 2.20. The molecule has 0 bridgehead atoms. The summed E-state index contributed by atoms with van der Waals surface area (Å²) >= 11 is 0. The highest BCUT2D eigenvalue weighted by atomic mass is 16.2. The van der Waals surface area contributed by atoms with Crippen molar-refractivity contribution in [3.05, 3.63) is 113 Å². The number of hydrogen-bond donors (Lipinski definition) is 0. The third kappa shape index (κ3) is 2.43. The number of nitrogens with zero attached hydrogens (tertiary/aromatic N) is 2. The maximum Gasteiger partial charge on any atom is 0.266 e. The summed E-state index contributed by atoms with van der Waals surface area (Å²) < 4.78 is 2.17. The summed E-state index contributed by atoms with van der Waals surface area (Å²) in [5, 5.41) is 0.528. The smallest absolute Gasteiger partial charge is 0.266 e. The lowest BCUT2D eigenvalue weighted by Gasteiger charge is -2.01. The standard InChI is InChI=1S/C24H16N2O4/c1-13-5-3-7-15(9-13)25-21(27)17-11-19-20(12-18(17)22(25)28)24(30)26(23(19)29)16-8-4-6-14(2)10-16/h3-12H,1-2H3. The first-order chi connectivity index (χ1) is 14.4. The highest BCUT2D eigenvalue weighted by molar-refractivity contribution is 5.98. The van der Waals surface area contributed by atoms with Crippen LogP contribution in [0.1, 0.15) is 11.1 Å². The van der Waals surface area contributed by atoms with Crippen molar-refractivity contribution in [2.45, 2.75) is 13.8 Å². The van der Waals surface area contributed by atoms with Gasteiger partial charge in [0, 0.05) is 0 Å². The fraction of sp³-hybridized carbons (Fsp3) is 0.0833. The average molecular weight is 396 g/mol. The van der Waals surface area contributed by atoms with E-state index in [4.69, 9.17) is 0 Å². The largest absolute Gasteiger partial charge is 0.268 e. The second kappa shape index (κ2) is 6.22. The van der Waals surface area contributed by atoms with Crippen molar-refractivity contribution < 1.29 is 0 Å². The van der Waals surface area contributed by atoms with Crippen LogP contribution >= 0.6 is 0 Å². The van der Waals surface area contributed by atoms with Crippen LogP contribution in [0.15, 0.2) is 79.8 Å². The molecule has 0 saturated heterocycles. The topological polar surface area (TPSA) is 78.1 Å². The summed E-state index contributed by atoms with van der Waals surface area (Å²) in [6.45, 7) is 3.74. The molecule has 5 rings (SSSR count). The lowest BCUT2D eigenvalue weighted by molar-refractivity contribution is 0.985. The number of benzene rings is 3. The molecule has 6 nitrogen and oxygen atoms in total. The minimum absolute atomic E-state index is 0.132. The van der Waals surface area contributed by atoms with Crippen molar-refractivity contribution in [3.8, 4) is 11.4 Å². The zero-order valence-corrected chi connectivity index (χ0v) is 16.3. The third-order valence-corrected chi connectivity index (χ3v) is 5.41. The Morgan fingerprint density at radius 1 is 0.500 bits per heavy atom. The van der Waals surface area contributed by atoms with Crippen LogP contribution in [0, 0.1) is 13.8 Å². The quantitative estimate of drug-likeness (QED) is 0.459. The molecule has 146 valence electrons. The van der Waals surface area contributed by atoms with Crippen LogP contribution < -0.4 is 22.2 Å². The first kappa shape index (κ1) is 18.0. The van der Waals surface area contributed by atoms with E-state index in [0.717, 1.165) is 20.3 Å². The molecule has 0 aliphatic rings. The minimum atomic E-state index is -0.502. The molecule has 0 fully saturated rings. The summed E-state index contributed by atoms with van der Waals surface area (Å²) in [6.07, 6.45) is 0. The number of aromatic nitrogens is 2. The van der Waals surface area contributed by atoms with E-state index < -0.39 is 22.2 Å². The van der Waals surface area contributed by atoms with E-state index >= 15 is 0 Å². The maximum atomic E-state index is 13.0. The van der Waals surface area contributed by atoms with Gasteiger partial charge in [-0.2, -0.15) is 0 Å². The molecule has 6 heteroatoms. The van der Waals surface area contributed by atoms with E-state index in [1.807, 2.05) is 26.0 Å². The Bertz CT molecular complexity index is 1490. The highest BCUT2D eigenvalue weighted by Crippen LogP contribution is 2.18. The van der Waals surface area contributed by atoms with Gasteiger partial charge >= 0.3 is 0 Å². The van der Waals surface area contributed by atoms with Crippen molar-refractivity contribution in [2.75, 3.05) is 0 Å². The maximum absolute atomic E-state index is 13.0. The molecule has 0 aliphatic heterocycles. The van der Waals surface area contributed by atoms with E-state index in [9.17, 15) is 19.2 Å². The number of aryl methyl sites for hydroxylation is 2. The second-order valence-corrected chi connectivity index (χ2v) is 7.51. The van der Waals surface area contributed by atoms with Gasteiger partial charge in [-0.05, 0) is 61.4 Å². The summed E-state index contributed by atoms with van der Waals surface area (Å²) in [7, 11) is 0. The van der Waals surface area contributed by atoms with Crippen LogP contribution in [-0.2, 0) is 0 Å². The molecule has 3 aromatic carbocycles. The van der Waals surface area contributed by atoms with Crippen LogP contribution in [0.25, 0.3) is 32.9 Å². The molecule has 0 radical (unpaired) electrons. The van der Waals surface area contributed by atoms with Crippen LogP contribution in [-0.4, -0.2) is 9.13 Å². The Balaban J connectivity index is 1.86. The van der Waals surface area contributed by atoms with Gasteiger partial charge in [0.15, 0.2) is 0 Å². The number of fused-ring (bicyclic) bond motifs is 2. The molecular weight excluding hydrogens is 380 g/mol. The van der Waals surface area contributed by atoms with E-state index in [1.54, 1.807) is 36.4 Å². The minimum Gasteiger partial charge on any atom is -0.268 e. The molecule has 2 aromatic heterocycles. The van der Waals surface area contributed by atoms with E-state index in [-0.39, 0.29) is 21.5 Å². The molecule has 0 spiro atoms. The van der Waals surface area contributed by atoms with Crippen molar-refractivity contribution in [1.82, 2.24) is 9.13 Å². The van der Waals surface area contributed by atoms with Gasteiger partial charge in [0.05, 0.1) is 32.9 Å². The van der Waals surface area contributed by atoms with Crippen molar-refractivity contribution in [1.29, 1.82) is 0 Å². The first-order valence-electron chi connectivity index (χ1n) is 9.46. The summed E-state index contributed by atoms with van der Waals surface area (Å²) in [5.41, 5.74) is 0.725. The van der Waals surface area contributed by atoms with E-state index in [2.05, 4.69) is 0 Å². The van der Waals surface area contributed by atoms with Gasteiger partial charge in [0.1, 0.15) is 0 Å². The summed E-state index contributed by atoms with van der Waals surface area (Å²) in [6, 6.07) is 16.9. The molecule has 0 saturated carbocycles. The molecule has 30 heavy (non-hydrogen) atoms. The van der Waals surface area contributed by atoms with Crippen molar-refractivity contribution in [2.24, 2.45) is 0 Å². The average Bonchev–Trinajstić information content (AvgIpc) is 3.11. The van der Waals surface area contributed by atoms with Gasteiger partial charge in [-0.25, -0.2) is 9.13 Å². The molecule has 0 N–H and O–H groups in total. The number of hydrogen-bond acceptors (Lipinski definition) is 4. The van der Waals surface area contributed by atoms with Crippen LogP contribution in [0.4, 0.5) is 0 Å². The Labute approximate surface area is 169 Å². The zero-order chi connectivity index (χ0) is 21.2. The van der Waals surface area contributed by atoms with Crippen molar-refractivity contribution >= 4 is 21.5 Å². The number of rotatable bonds is 2. The molecule has 2 heterocycles. The van der Waals surface area contributed by atoms with E-state index in [0.29, 0.717) is 11.4 Å². The second-order valence-electron chi connectivity index (χ2n) is 7.51. The van der Waals surface area contributed by atoms with Gasteiger partial charge in [0.25, 0.3) is 22.2 Å². The Kier molecular flexibility index (Phi) is 3.73. The predicted octanol–water partition coefficient (Wildman–Crippen LogP) is 2.51. The fourth-order valence-electron chi connectivity index (χ4n) is 3.98. The van der Waals surface area contributed by atoms with Gasteiger partial charge in [-0.3, -0.25) is 19.2 Å². The van der Waals surface area contributed by atoms with Crippen LogP contribution in [0.3, 0.4) is 0 Å². The lowest BCUT2D eigenvalue weighted by Crippen LogP contribution is -2.24. The van der Waals surface area contributed by atoms with E-state index in [1.165, 1.54) is 12.1 Å². The van der Waals surface area contributed by atoms with Crippen LogP contribution in [0.2, 0.25) is 0 Å². The van der Waals surface area contributed by atoms with Gasteiger partial charge in [0.2, 0.25) is 0 Å². The van der Waals surface area contributed by atoms with Gasteiger partial charge in [-0.15, -0.1) is 0 Å². The molecule has 0 atom stereocenters. The molecule has 0 unspecified atom stereocenters. The summed E-state index contributed by atoms with van der Waals surface area (Å²) in [5.74, 6) is 0. The molecule has 0 aliphatic carbocycles. The first-order valence-corrected chi connectivity index (χ1v) is 9.46. The monoisotopic (exact) mass is 396 g/mol. The zero-order valence-electron chi connectivity index (χ0n) is 16.3. The normalized spacial score (nSPS) is 11.5. The van der Waals surface area contributed by atoms with Gasteiger partial charge in [-0.1, -0.05) is 24.3 Å². The third-order valence-electron chi connectivity index (χ3n) is 5.41. The summed E-state index contributed by atoms with van der Waals surface area (Å²) in [4.78, 5) is 52.0. The molecule has 0 amide bonds. The Hall–Kier alpha value is -4.06.